The molecule has 1 aliphatic carbocycles. The first kappa shape index (κ1) is 15.7. The van der Waals surface area contributed by atoms with Gasteiger partial charge in [-0.1, -0.05) is 12.1 Å². The van der Waals surface area contributed by atoms with Crippen molar-refractivity contribution in [1.29, 1.82) is 0 Å². The third-order valence-corrected chi connectivity index (χ3v) is 4.56. The molecule has 0 unspecified atom stereocenters. The van der Waals surface area contributed by atoms with Crippen molar-refractivity contribution in [2.75, 3.05) is 0 Å². The smallest absolute Gasteiger partial charge is 0.227 e. The lowest BCUT2D eigenvalue weighted by Gasteiger charge is -2.23. The molecule has 1 amide bonds. The van der Waals surface area contributed by atoms with E-state index >= 15 is 0 Å². The maximum atomic E-state index is 13.0. The van der Waals surface area contributed by atoms with Crippen LogP contribution in [0.5, 0.6) is 0 Å². The second kappa shape index (κ2) is 6.14. The van der Waals surface area contributed by atoms with Crippen molar-refractivity contribution < 1.29 is 9.18 Å². The molecule has 1 aromatic carbocycles. The van der Waals surface area contributed by atoms with Crippen molar-refractivity contribution in [1.82, 2.24) is 14.7 Å². The van der Waals surface area contributed by atoms with Gasteiger partial charge in [-0.05, 0) is 44.4 Å². The molecule has 2 aromatic rings. The number of rotatable bonds is 5. The van der Waals surface area contributed by atoms with Gasteiger partial charge in [0.05, 0.1) is 12.1 Å². The van der Waals surface area contributed by atoms with Crippen molar-refractivity contribution in [3.8, 4) is 0 Å². The molecule has 0 radical (unpaired) electrons. The summed E-state index contributed by atoms with van der Waals surface area (Å²) >= 11 is 0. The first-order chi connectivity index (χ1) is 11.0. The van der Waals surface area contributed by atoms with E-state index in [0.717, 1.165) is 35.4 Å². The van der Waals surface area contributed by atoms with Crippen LogP contribution in [0.1, 0.15) is 35.4 Å². The van der Waals surface area contributed by atoms with E-state index in [1.54, 1.807) is 12.1 Å². The Morgan fingerprint density at radius 2 is 1.96 bits per heavy atom. The summed E-state index contributed by atoms with van der Waals surface area (Å²) in [5.41, 5.74) is 3.93. The van der Waals surface area contributed by atoms with Crippen LogP contribution in [0.4, 0.5) is 4.39 Å². The van der Waals surface area contributed by atoms with Gasteiger partial charge in [0.1, 0.15) is 5.82 Å². The molecular weight excluding hydrogens is 293 g/mol. The van der Waals surface area contributed by atoms with Crippen LogP contribution in [0.15, 0.2) is 24.3 Å². The minimum Gasteiger partial charge on any atom is -0.335 e. The minimum absolute atomic E-state index is 0.121. The Morgan fingerprint density at radius 3 is 2.48 bits per heavy atom. The molecule has 1 aromatic heterocycles. The molecule has 4 nitrogen and oxygen atoms in total. The van der Waals surface area contributed by atoms with Gasteiger partial charge in [-0.3, -0.25) is 9.48 Å². The van der Waals surface area contributed by atoms with Crippen LogP contribution in [0.2, 0.25) is 0 Å². The van der Waals surface area contributed by atoms with Crippen molar-refractivity contribution in [2.24, 2.45) is 7.05 Å². The highest BCUT2D eigenvalue weighted by Crippen LogP contribution is 2.29. The Morgan fingerprint density at radius 1 is 1.30 bits per heavy atom. The summed E-state index contributed by atoms with van der Waals surface area (Å²) in [6.45, 7) is 4.48. The first-order valence-electron chi connectivity index (χ1n) is 7.98. The number of halogens is 1. The Labute approximate surface area is 135 Å². The average Bonchev–Trinajstić information content (AvgIpc) is 3.32. The normalized spacial score (nSPS) is 14.1. The van der Waals surface area contributed by atoms with E-state index < -0.39 is 0 Å². The molecule has 0 spiro atoms. The van der Waals surface area contributed by atoms with Gasteiger partial charge in [0, 0.05) is 30.9 Å². The monoisotopic (exact) mass is 315 g/mol. The van der Waals surface area contributed by atoms with Crippen molar-refractivity contribution in [2.45, 2.75) is 45.7 Å². The molecule has 1 fully saturated rings. The number of amides is 1. The molecule has 1 saturated carbocycles. The van der Waals surface area contributed by atoms with Gasteiger partial charge in [-0.2, -0.15) is 5.10 Å². The maximum absolute atomic E-state index is 13.0. The molecule has 0 saturated heterocycles. The molecular formula is C18H22FN3O. The van der Waals surface area contributed by atoms with E-state index in [1.165, 1.54) is 12.1 Å². The van der Waals surface area contributed by atoms with Crippen LogP contribution in [0.25, 0.3) is 0 Å². The van der Waals surface area contributed by atoms with Gasteiger partial charge in [0.15, 0.2) is 0 Å². The minimum atomic E-state index is -0.250. The van der Waals surface area contributed by atoms with Crippen LogP contribution in [-0.2, 0) is 24.8 Å². The zero-order valence-corrected chi connectivity index (χ0v) is 13.8. The van der Waals surface area contributed by atoms with Gasteiger partial charge in [-0.25, -0.2) is 4.39 Å². The summed E-state index contributed by atoms with van der Waals surface area (Å²) in [6, 6.07) is 6.71. The Balaban J connectivity index is 1.75. The van der Waals surface area contributed by atoms with E-state index in [1.807, 2.05) is 30.5 Å². The van der Waals surface area contributed by atoms with Crippen LogP contribution < -0.4 is 0 Å². The number of benzene rings is 1. The summed E-state index contributed by atoms with van der Waals surface area (Å²) in [5.74, 6) is -0.129. The predicted molar refractivity (Wildman–Crippen MR) is 86.4 cm³/mol. The molecule has 0 N–H and O–H groups in total. The first-order valence-corrected chi connectivity index (χ1v) is 7.98. The molecule has 122 valence electrons. The topological polar surface area (TPSA) is 38.1 Å². The zero-order valence-electron chi connectivity index (χ0n) is 13.8. The van der Waals surface area contributed by atoms with Crippen LogP contribution >= 0.6 is 0 Å². The molecule has 23 heavy (non-hydrogen) atoms. The lowest BCUT2D eigenvalue weighted by atomic mass is 10.1. The standard InChI is InChI=1S/C18H22FN3O/c1-12-17(13(2)21(3)20-12)10-18(23)22(16-8-9-16)11-14-4-6-15(19)7-5-14/h4-7,16H,8-11H2,1-3H3. The lowest BCUT2D eigenvalue weighted by Crippen LogP contribution is -2.34. The van der Waals surface area contributed by atoms with Crippen molar-refractivity contribution in [3.05, 3.63) is 52.6 Å². The predicted octanol–water partition coefficient (Wildman–Crippen LogP) is 2.91. The average molecular weight is 315 g/mol. The summed E-state index contributed by atoms with van der Waals surface area (Å²) in [7, 11) is 1.90. The Hall–Kier alpha value is -2.17. The molecule has 1 heterocycles. The number of aryl methyl sites for hydroxylation is 2. The van der Waals surface area contributed by atoms with Crippen LogP contribution in [-0.4, -0.2) is 26.6 Å². The number of aromatic nitrogens is 2. The highest BCUT2D eigenvalue weighted by Gasteiger charge is 2.33. The quantitative estimate of drug-likeness (QED) is 0.851. The molecule has 0 aliphatic heterocycles. The van der Waals surface area contributed by atoms with Gasteiger partial charge >= 0.3 is 0 Å². The van der Waals surface area contributed by atoms with Crippen LogP contribution in [0, 0.1) is 19.7 Å². The third kappa shape index (κ3) is 3.44. The van der Waals surface area contributed by atoms with E-state index in [4.69, 9.17) is 0 Å². The fourth-order valence-electron chi connectivity index (χ4n) is 2.92. The number of carbonyl (C=O) groups is 1. The second-order valence-electron chi connectivity index (χ2n) is 6.33. The van der Waals surface area contributed by atoms with Crippen molar-refractivity contribution >= 4 is 5.91 Å². The third-order valence-electron chi connectivity index (χ3n) is 4.56. The van der Waals surface area contributed by atoms with Crippen LogP contribution in [0.3, 0.4) is 0 Å². The molecule has 0 bridgehead atoms. The second-order valence-corrected chi connectivity index (χ2v) is 6.33. The number of hydrogen-bond donors (Lipinski definition) is 0. The number of carbonyl (C=O) groups excluding carboxylic acids is 1. The van der Waals surface area contributed by atoms with Crippen molar-refractivity contribution in [3.63, 3.8) is 0 Å². The van der Waals surface area contributed by atoms with E-state index in [0.29, 0.717) is 19.0 Å². The van der Waals surface area contributed by atoms with E-state index in [-0.39, 0.29) is 11.7 Å². The summed E-state index contributed by atoms with van der Waals surface area (Å²) < 4.78 is 14.9. The maximum Gasteiger partial charge on any atom is 0.227 e. The fraction of sp³-hybridized carbons (Fsp3) is 0.444. The van der Waals surface area contributed by atoms with Gasteiger partial charge in [-0.15, -0.1) is 0 Å². The Kier molecular flexibility index (Phi) is 4.20. The zero-order chi connectivity index (χ0) is 16.6. The summed E-state index contributed by atoms with van der Waals surface area (Å²) in [4.78, 5) is 14.7. The Bertz CT molecular complexity index is 717. The van der Waals surface area contributed by atoms with Gasteiger partial charge < -0.3 is 4.90 Å². The largest absolute Gasteiger partial charge is 0.335 e. The van der Waals surface area contributed by atoms with Gasteiger partial charge in [0.25, 0.3) is 0 Å². The molecule has 5 heteroatoms. The fourth-order valence-corrected chi connectivity index (χ4v) is 2.92. The SMILES string of the molecule is Cc1nn(C)c(C)c1CC(=O)N(Cc1ccc(F)cc1)C1CC1. The molecule has 0 atom stereocenters. The number of nitrogens with zero attached hydrogens (tertiary/aromatic N) is 3. The van der Waals surface area contributed by atoms with E-state index in [2.05, 4.69) is 5.10 Å². The van der Waals surface area contributed by atoms with Gasteiger partial charge in [0.2, 0.25) is 5.91 Å². The molecule has 1 aliphatic rings. The highest BCUT2D eigenvalue weighted by molar-refractivity contribution is 5.80. The lowest BCUT2D eigenvalue weighted by molar-refractivity contribution is -0.131. The number of hydrogen-bond acceptors (Lipinski definition) is 2. The summed E-state index contributed by atoms with van der Waals surface area (Å²) in [6.07, 6.45) is 2.49. The van der Waals surface area contributed by atoms with E-state index in [9.17, 15) is 9.18 Å². The highest BCUT2D eigenvalue weighted by atomic mass is 19.1. The molecule has 3 rings (SSSR count). The summed E-state index contributed by atoms with van der Waals surface area (Å²) in [5, 5.41) is 4.38.